The van der Waals surface area contributed by atoms with Gasteiger partial charge in [0.05, 0.1) is 11.8 Å². The minimum atomic E-state index is -0.309. The van der Waals surface area contributed by atoms with Crippen LogP contribution in [0.3, 0.4) is 0 Å². The minimum absolute atomic E-state index is 0.0521. The van der Waals surface area contributed by atoms with E-state index in [1.807, 2.05) is 55.6 Å². The number of rotatable bonds is 6. The van der Waals surface area contributed by atoms with E-state index in [2.05, 4.69) is 15.5 Å². The molecule has 2 heterocycles. The van der Waals surface area contributed by atoms with Crippen molar-refractivity contribution in [1.29, 1.82) is 0 Å². The molecule has 1 N–H and O–H groups in total. The van der Waals surface area contributed by atoms with E-state index in [4.69, 9.17) is 4.42 Å². The zero-order valence-corrected chi connectivity index (χ0v) is 15.0. The zero-order valence-electron chi connectivity index (χ0n) is 13.4. The van der Waals surface area contributed by atoms with Crippen LogP contribution >= 0.6 is 23.1 Å². The van der Waals surface area contributed by atoms with Crippen molar-refractivity contribution in [2.75, 3.05) is 0 Å². The fourth-order valence-corrected chi connectivity index (χ4v) is 3.44. The lowest BCUT2D eigenvalue weighted by Crippen LogP contribution is -2.30. The number of carbonyl (C=O) groups excluding carboxylic acids is 1. The lowest BCUT2D eigenvalue weighted by molar-refractivity contribution is -0.120. The van der Waals surface area contributed by atoms with Crippen LogP contribution < -0.4 is 5.32 Å². The largest absolute Gasteiger partial charge is 0.411 e. The van der Waals surface area contributed by atoms with Crippen molar-refractivity contribution in [2.45, 2.75) is 30.9 Å². The predicted octanol–water partition coefficient (Wildman–Crippen LogP) is 3.90. The summed E-state index contributed by atoms with van der Waals surface area (Å²) in [6.45, 7) is 4.38. The fourth-order valence-electron chi connectivity index (χ4n) is 2.09. The molecule has 1 aromatic carbocycles. The van der Waals surface area contributed by atoms with E-state index < -0.39 is 0 Å². The van der Waals surface area contributed by atoms with Gasteiger partial charge in [-0.2, -0.15) is 0 Å². The van der Waals surface area contributed by atoms with Gasteiger partial charge in [-0.15, -0.1) is 21.5 Å². The third-order valence-electron chi connectivity index (χ3n) is 3.34. The fraction of sp³-hybridized carbons (Fsp3) is 0.235. The van der Waals surface area contributed by atoms with Crippen LogP contribution in [0, 0.1) is 6.92 Å². The van der Waals surface area contributed by atoms with E-state index in [9.17, 15) is 4.79 Å². The van der Waals surface area contributed by atoms with Gasteiger partial charge in [0.2, 0.25) is 11.8 Å². The van der Waals surface area contributed by atoms with Gasteiger partial charge < -0.3 is 9.73 Å². The summed E-state index contributed by atoms with van der Waals surface area (Å²) in [7, 11) is 0. The van der Waals surface area contributed by atoms with Crippen LogP contribution in [0.15, 0.2) is 51.4 Å². The Hall–Kier alpha value is -2.12. The van der Waals surface area contributed by atoms with E-state index in [1.54, 1.807) is 11.3 Å². The molecule has 0 saturated carbocycles. The van der Waals surface area contributed by atoms with Crippen LogP contribution in [0.2, 0.25) is 0 Å². The van der Waals surface area contributed by atoms with Crippen molar-refractivity contribution >= 4 is 29.0 Å². The summed E-state index contributed by atoms with van der Waals surface area (Å²) in [6, 6.07) is 11.8. The zero-order chi connectivity index (χ0) is 16.9. The summed E-state index contributed by atoms with van der Waals surface area (Å²) in [5.41, 5.74) is 2.00. The maximum absolute atomic E-state index is 12.1. The van der Waals surface area contributed by atoms with Gasteiger partial charge in [0.25, 0.3) is 5.22 Å². The predicted molar refractivity (Wildman–Crippen MR) is 96.0 cm³/mol. The molecule has 1 atom stereocenters. The van der Waals surface area contributed by atoms with E-state index in [-0.39, 0.29) is 11.2 Å². The van der Waals surface area contributed by atoms with Crippen LogP contribution in [-0.2, 0) is 11.3 Å². The molecule has 3 aromatic rings. The average molecular weight is 359 g/mol. The molecule has 0 spiro atoms. The summed E-state index contributed by atoms with van der Waals surface area (Å²) < 4.78 is 5.66. The molecule has 0 aliphatic carbocycles. The highest BCUT2D eigenvalue weighted by atomic mass is 32.2. The quantitative estimate of drug-likeness (QED) is 0.676. The molecule has 0 fully saturated rings. The first-order valence-corrected chi connectivity index (χ1v) is 9.25. The second-order valence-corrected chi connectivity index (χ2v) is 7.62. The number of thioether (sulfide) groups is 1. The summed E-state index contributed by atoms with van der Waals surface area (Å²) in [4.78, 5) is 13.3. The van der Waals surface area contributed by atoms with Gasteiger partial charge in [-0.05, 0) is 37.4 Å². The molecule has 7 heteroatoms. The number of aromatic nitrogens is 2. The van der Waals surface area contributed by atoms with Crippen LogP contribution in [0.5, 0.6) is 0 Å². The maximum atomic E-state index is 12.1. The van der Waals surface area contributed by atoms with Crippen molar-refractivity contribution in [3.8, 4) is 11.5 Å². The monoisotopic (exact) mass is 359 g/mol. The van der Waals surface area contributed by atoms with Gasteiger partial charge in [-0.25, -0.2) is 0 Å². The molecule has 0 unspecified atom stereocenters. The van der Waals surface area contributed by atoms with Gasteiger partial charge in [-0.1, -0.05) is 35.5 Å². The molecule has 0 aliphatic heterocycles. The van der Waals surface area contributed by atoms with Crippen LogP contribution in [0.4, 0.5) is 0 Å². The Labute approximate surface area is 148 Å². The Morgan fingerprint density at radius 2 is 2.21 bits per heavy atom. The van der Waals surface area contributed by atoms with E-state index in [1.165, 1.54) is 11.8 Å². The Morgan fingerprint density at radius 1 is 1.33 bits per heavy atom. The van der Waals surface area contributed by atoms with E-state index in [0.29, 0.717) is 17.7 Å². The van der Waals surface area contributed by atoms with Gasteiger partial charge in [0.1, 0.15) is 0 Å². The molecular formula is C17H17N3O2S2. The SMILES string of the molecule is Cc1cccc(-c2nnc(S[C@H](C)C(=O)NCc3cccs3)o2)c1. The minimum Gasteiger partial charge on any atom is -0.411 e. The van der Waals surface area contributed by atoms with Gasteiger partial charge in [-0.3, -0.25) is 4.79 Å². The van der Waals surface area contributed by atoms with Crippen LogP contribution in [0.1, 0.15) is 17.4 Å². The van der Waals surface area contributed by atoms with Gasteiger partial charge in [0.15, 0.2) is 0 Å². The van der Waals surface area contributed by atoms with Crippen molar-refractivity contribution in [1.82, 2.24) is 15.5 Å². The molecular weight excluding hydrogens is 342 g/mol. The second kappa shape index (κ2) is 7.63. The number of aryl methyl sites for hydroxylation is 1. The number of benzene rings is 1. The normalized spacial score (nSPS) is 12.1. The number of hydrogen-bond donors (Lipinski definition) is 1. The Bertz CT molecular complexity index is 815. The lowest BCUT2D eigenvalue weighted by atomic mass is 10.1. The Morgan fingerprint density at radius 3 is 2.96 bits per heavy atom. The molecule has 2 aromatic heterocycles. The molecule has 5 nitrogen and oxygen atoms in total. The molecule has 124 valence electrons. The van der Waals surface area contributed by atoms with E-state index in [0.717, 1.165) is 16.0 Å². The summed E-state index contributed by atoms with van der Waals surface area (Å²) in [5, 5.41) is 13.1. The Kier molecular flexibility index (Phi) is 5.32. The smallest absolute Gasteiger partial charge is 0.277 e. The topological polar surface area (TPSA) is 68.0 Å². The number of thiophene rings is 1. The molecule has 0 radical (unpaired) electrons. The summed E-state index contributed by atoms with van der Waals surface area (Å²) >= 11 is 2.88. The molecule has 3 rings (SSSR count). The Balaban J connectivity index is 1.58. The third kappa shape index (κ3) is 4.24. The molecule has 0 aliphatic rings. The van der Waals surface area contributed by atoms with E-state index >= 15 is 0 Å². The first-order chi connectivity index (χ1) is 11.6. The first-order valence-electron chi connectivity index (χ1n) is 7.49. The van der Waals surface area contributed by atoms with Crippen molar-refractivity contribution in [3.05, 3.63) is 52.2 Å². The van der Waals surface area contributed by atoms with Crippen molar-refractivity contribution in [2.24, 2.45) is 0 Å². The highest BCUT2D eigenvalue weighted by Gasteiger charge is 2.18. The number of nitrogens with one attached hydrogen (secondary N) is 1. The summed E-state index contributed by atoms with van der Waals surface area (Å²) in [5.74, 6) is 0.413. The number of carbonyl (C=O) groups is 1. The summed E-state index contributed by atoms with van der Waals surface area (Å²) in [6.07, 6.45) is 0. The molecule has 0 saturated heterocycles. The van der Waals surface area contributed by atoms with Gasteiger partial charge >= 0.3 is 0 Å². The highest BCUT2D eigenvalue weighted by Crippen LogP contribution is 2.26. The first kappa shape index (κ1) is 16.7. The maximum Gasteiger partial charge on any atom is 0.277 e. The number of hydrogen-bond acceptors (Lipinski definition) is 6. The molecule has 1 amide bonds. The highest BCUT2D eigenvalue weighted by molar-refractivity contribution is 8.00. The van der Waals surface area contributed by atoms with Gasteiger partial charge in [0, 0.05) is 10.4 Å². The standard InChI is InChI=1S/C17H17N3O2S2/c1-11-5-3-6-13(9-11)16-19-20-17(22-16)24-12(2)15(21)18-10-14-7-4-8-23-14/h3-9,12H,10H2,1-2H3,(H,18,21)/t12-/m1/s1. The number of amides is 1. The number of nitrogens with zero attached hydrogens (tertiary/aromatic N) is 2. The van der Waals surface area contributed by atoms with Crippen molar-refractivity contribution in [3.63, 3.8) is 0 Å². The van der Waals surface area contributed by atoms with Crippen LogP contribution in [0.25, 0.3) is 11.5 Å². The average Bonchev–Trinajstić information content (AvgIpc) is 3.24. The van der Waals surface area contributed by atoms with Crippen molar-refractivity contribution < 1.29 is 9.21 Å². The molecule has 0 bridgehead atoms. The lowest BCUT2D eigenvalue weighted by Gasteiger charge is -2.08. The van der Waals surface area contributed by atoms with Crippen LogP contribution in [-0.4, -0.2) is 21.4 Å². The molecule has 24 heavy (non-hydrogen) atoms. The third-order valence-corrected chi connectivity index (χ3v) is 5.15. The second-order valence-electron chi connectivity index (χ2n) is 5.30.